The maximum atomic E-state index is 11.7. The van der Waals surface area contributed by atoms with Gasteiger partial charge >= 0.3 is 5.97 Å². The van der Waals surface area contributed by atoms with Crippen LogP contribution in [0, 0.1) is 0 Å². The summed E-state index contributed by atoms with van der Waals surface area (Å²) < 4.78 is 4.94. The Morgan fingerprint density at radius 2 is 1.70 bits per heavy atom. The van der Waals surface area contributed by atoms with Crippen molar-refractivity contribution in [3.8, 4) is 0 Å². The van der Waals surface area contributed by atoms with Crippen molar-refractivity contribution >= 4 is 35.1 Å². The van der Waals surface area contributed by atoms with Crippen LogP contribution in [0.2, 0.25) is 10.0 Å². The first-order valence-electron chi connectivity index (χ1n) is 6.95. The number of hydrogen-bond donors (Lipinski definition) is 1. The average Bonchev–Trinajstić information content (AvgIpc) is 2.54. The van der Waals surface area contributed by atoms with Crippen LogP contribution in [0.4, 0.5) is 0 Å². The standard InChI is InChI=1S/C17H15Cl2NO3/c18-14-7-5-12(6-8-14)10-20-16(21)11-23-17(22)9-13-3-1-2-4-15(13)19/h1-8H,9-11H2,(H,20,21). The Morgan fingerprint density at radius 1 is 1.00 bits per heavy atom. The number of rotatable bonds is 6. The first-order chi connectivity index (χ1) is 11.0. The minimum atomic E-state index is -0.500. The van der Waals surface area contributed by atoms with Gasteiger partial charge in [-0.3, -0.25) is 9.59 Å². The fourth-order valence-corrected chi connectivity index (χ4v) is 2.18. The molecule has 0 saturated heterocycles. The molecule has 120 valence electrons. The molecule has 2 aromatic rings. The predicted molar refractivity (Wildman–Crippen MR) is 89.4 cm³/mol. The van der Waals surface area contributed by atoms with Crippen molar-refractivity contribution in [2.45, 2.75) is 13.0 Å². The Balaban J connectivity index is 1.72. The summed E-state index contributed by atoms with van der Waals surface area (Å²) in [6.07, 6.45) is 0.0319. The summed E-state index contributed by atoms with van der Waals surface area (Å²) in [7, 11) is 0. The summed E-state index contributed by atoms with van der Waals surface area (Å²) in [4.78, 5) is 23.4. The van der Waals surface area contributed by atoms with Crippen LogP contribution in [0.3, 0.4) is 0 Å². The van der Waals surface area contributed by atoms with Crippen molar-refractivity contribution in [2.75, 3.05) is 6.61 Å². The van der Waals surface area contributed by atoms with Crippen molar-refractivity contribution in [2.24, 2.45) is 0 Å². The second-order valence-electron chi connectivity index (χ2n) is 4.83. The molecule has 2 aromatic carbocycles. The van der Waals surface area contributed by atoms with Crippen LogP contribution in [0.1, 0.15) is 11.1 Å². The van der Waals surface area contributed by atoms with E-state index < -0.39 is 5.97 Å². The average molecular weight is 352 g/mol. The zero-order valence-corrected chi connectivity index (χ0v) is 13.7. The molecule has 0 aliphatic rings. The van der Waals surface area contributed by atoms with E-state index >= 15 is 0 Å². The highest BCUT2D eigenvalue weighted by Gasteiger charge is 2.10. The number of amides is 1. The lowest BCUT2D eigenvalue weighted by Crippen LogP contribution is -2.28. The molecule has 6 heteroatoms. The molecule has 0 spiro atoms. The zero-order chi connectivity index (χ0) is 16.7. The molecule has 0 fully saturated rings. The van der Waals surface area contributed by atoms with Gasteiger partial charge in [0.25, 0.3) is 5.91 Å². The summed E-state index contributed by atoms with van der Waals surface area (Å²) in [5.41, 5.74) is 1.57. The van der Waals surface area contributed by atoms with Gasteiger partial charge in [0.05, 0.1) is 6.42 Å². The quantitative estimate of drug-likeness (QED) is 0.811. The van der Waals surface area contributed by atoms with Gasteiger partial charge in [-0.1, -0.05) is 53.5 Å². The smallest absolute Gasteiger partial charge is 0.310 e. The van der Waals surface area contributed by atoms with Gasteiger partial charge in [-0.15, -0.1) is 0 Å². The summed E-state index contributed by atoms with van der Waals surface area (Å²) in [6, 6.07) is 14.1. The lowest BCUT2D eigenvalue weighted by molar-refractivity contribution is -0.147. The van der Waals surface area contributed by atoms with E-state index in [4.69, 9.17) is 27.9 Å². The van der Waals surface area contributed by atoms with E-state index in [0.29, 0.717) is 22.2 Å². The number of esters is 1. The minimum Gasteiger partial charge on any atom is -0.455 e. The molecule has 1 N–H and O–H groups in total. The molecule has 4 nitrogen and oxygen atoms in total. The highest BCUT2D eigenvalue weighted by atomic mass is 35.5. The van der Waals surface area contributed by atoms with Gasteiger partial charge < -0.3 is 10.1 Å². The van der Waals surface area contributed by atoms with Gasteiger partial charge in [0.15, 0.2) is 6.61 Å². The first kappa shape index (κ1) is 17.3. The van der Waals surface area contributed by atoms with E-state index in [9.17, 15) is 9.59 Å². The van der Waals surface area contributed by atoms with Crippen molar-refractivity contribution in [3.05, 3.63) is 69.7 Å². The topological polar surface area (TPSA) is 55.4 Å². The number of nitrogens with one attached hydrogen (secondary N) is 1. The molecular weight excluding hydrogens is 337 g/mol. The molecule has 23 heavy (non-hydrogen) atoms. The van der Waals surface area contributed by atoms with Crippen molar-refractivity contribution < 1.29 is 14.3 Å². The fourth-order valence-electron chi connectivity index (χ4n) is 1.85. The maximum absolute atomic E-state index is 11.7. The Labute approximate surface area is 144 Å². The molecule has 0 aliphatic carbocycles. The molecule has 0 unspecified atom stereocenters. The summed E-state index contributed by atoms with van der Waals surface area (Å²) in [6.45, 7) is 0.0228. The van der Waals surface area contributed by atoms with E-state index in [-0.39, 0.29) is 18.9 Å². The fraction of sp³-hybridized carbons (Fsp3) is 0.176. The number of ether oxygens (including phenoxy) is 1. The summed E-state index contributed by atoms with van der Waals surface area (Å²) in [5.74, 6) is -0.868. The molecule has 0 aromatic heterocycles. The van der Waals surface area contributed by atoms with E-state index in [2.05, 4.69) is 5.32 Å². The number of carbonyl (C=O) groups excluding carboxylic acids is 2. The molecule has 0 atom stereocenters. The lowest BCUT2D eigenvalue weighted by atomic mass is 10.1. The number of carbonyl (C=O) groups is 2. The molecule has 0 aliphatic heterocycles. The Bertz CT molecular complexity index is 686. The van der Waals surface area contributed by atoms with Crippen LogP contribution in [-0.4, -0.2) is 18.5 Å². The lowest BCUT2D eigenvalue weighted by Gasteiger charge is -2.07. The first-order valence-corrected chi connectivity index (χ1v) is 7.70. The van der Waals surface area contributed by atoms with E-state index in [1.54, 1.807) is 36.4 Å². The van der Waals surface area contributed by atoms with E-state index in [1.165, 1.54) is 0 Å². The van der Waals surface area contributed by atoms with Crippen molar-refractivity contribution in [3.63, 3.8) is 0 Å². The normalized spacial score (nSPS) is 10.2. The largest absolute Gasteiger partial charge is 0.455 e. The highest BCUT2D eigenvalue weighted by molar-refractivity contribution is 6.31. The third-order valence-corrected chi connectivity index (χ3v) is 3.68. The molecular formula is C17H15Cl2NO3. The third kappa shape index (κ3) is 5.93. The monoisotopic (exact) mass is 351 g/mol. The van der Waals surface area contributed by atoms with Crippen LogP contribution in [0.5, 0.6) is 0 Å². The van der Waals surface area contributed by atoms with Gasteiger partial charge in [0.2, 0.25) is 0 Å². The molecule has 0 radical (unpaired) electrons. The number of benzene rings is 2. The van der Waals surface area contributed by atoms with Crippen LogP contribution in [0.15, 0.2) is 48.5 Å². The van der Waals surface area contributed by atoms with Crippen molar-refractivity contribution in [1.82, 2.24) is 5.32 Å². The maximum Gasteiger partial charge on any atom is 0.310 e. The van der Waals surface area contributed by atoms with Gasteiger partial charge in [0, 0.05) is 16.6 Å². The third-order valence-electron chi connectivity index (χ3n) is 3.06. The van der Waals surface area contributed by atoms with E-state index in [1.807, 2.05) is 12.1 Å². The minimum absolute atomic E-state index is 0.0319. The second kappa shape index (κ2) is 8.56. The van der Waals surface area contributed by atoms with Gasteiger partial charge in [-0.25, -0.2) is 0 Å². The molecule has 0 heterocycles. The predicted octanol–water partition coefficient (Wildman–Crippen LogP) is 3.40. The van der Waals surface area contributed by atoms with Gasteiger partial charge in [-0.2, -0.15) is 0 Å². The number of halogens is 2. The molecule has 2 rings (SSSR count). The van der Waals surface area contributed by atoms with Crippen molar-refractivity contribution in [1.29, 1.82) is 0 Å². The van der Waals surface area contributed by atoms with Gasteiger partial charge in [-0.05, 0) is 29.3 Å². The Morgan fingerprint density at radius 3 is 2.39 bits per heavy atom. The molecule has 0 bridgehead atoms. The van der Waals surface area contributed by atoms with E-state index in [0.717, 1.165) is 5.56 Å². The van der Waals surface area contributed by atoms with Gasteiger partial charge in [0.1, 0.15) is 0 Å². The van der Waals surface area contributed by atoms with Crippen LogP contribution >= 0.6 is 23.2 Å². The Hall–Kier alpha value is -2.04. The zero-order valence-electron chi connectivity index (χ0n) is 12.2. The Kier molecular flexibility index (Phi) is 6.44. The van der Waals surface area contributed by atoms with Crippen LogP contribution in [-0.2, 0) is 27.3 Å². The van der Waals surface area contributed by atoms with Crippen LogP contribution < -0.4 is 5.32 Å². The molecule has 0 saturated carbocycles. The molecule has 1 amide bonds. The second-order valence-corrected chi connectivity index (χ2v) is 5.68. The SMILES string of the molecule is O=C(COC(=O)Cc1ccccc1Cl)NCc1ccc(Cl)cc1. The highest BCUT2D eigenvalue weighted by Crippen LogP contribution is 2.15. The summed E-state index contributed by atoms with van der Waals surface area (Å²) in [5, 5.41) is 3.79. The summed E-state index contributed by atoms with van der Waals surface area (Å²) >= 11 is 11.7. The van der Waals surface area contributed by atoms with Crippen LogP contribution in [0.25, 0.3) is 0 Å². The number of hydrogen-bond acceptors (Lipinski definition) is 3.